The predicted molar refractivity (Wildman–Crippen MR) is 101 cm³/mol. The highest BCUT2D eigenvalue weighted by molar-refractivity contribution is 5.93. The molecule has 1 aromatic carbocycles. The first-order valence-electron chi connectivity index (χ1n) is 8.48. The molecule has 0 fully saturated rings. The minimum absolute atomic E-state index is 0.221. The molecule has 0 saturated carbocycles. The minimum Gasteiger partial charge on any atom is -0.348 e. The summed E-state index contributed by atoms with van der Waals surface area (Å²) in [5, 5.41) is 5.95. The Morgan fingerprint density at radius 1 is 1.04 bits per heavy atom. The van der Waals surface area contributed by atoms with Crippen LogP contribution in [0.5, 0.6) is 0 Å². The minimum atomic E-state index is -0.221. The Bertz CT molecular complexity index is 846. The van der Waals surface area contributed by atoms with Gasteiger partial charge in [-0.1, -0.05) is 32.0 Å². The number of aromatic nitrogens is 3. The van der Waals surface area contributed by atoms with Crippen molar-refractivity contribution in [3.05, 3.63) is 77.9 Å². The molecule has 3 aromatic rings. The maximum Gasteiger partial charge on any atom is 0.254 e. The van der Waals surface area contributed by atoms with Crippen LogP contribution in [0.2, 0.25) is 0 Å². The summed E-state index contributed by atoms with van der Waals surface area (Å²) in [5.41, 5.74) is 3.53. The van der Waals surface area contributed by atoms with Gasteiger partial charge in [0.05, 0.1) is 5.56 Å². The first-order chi connectivity index (χ1) is 12.6. The van der Waals surface area contributed by atoms with Crippen LogP contribution in [0.4, 0.5) is 11.6 Å². The van der Waals surface area contributed by atoms with Gasteiger partial charge >= 0.3 is 0 Å². The Balaban J connectivity index is 1.58. The summed E-state index contributed by atoms with van der Waals surface area (Å²) in [7, 11) is 0. The van der Waals surface area contributed by atoms with Gasteiger partial charge in [0, 0.05) is 37.0 Å². The number of amides is 1. The normalized spacial score (nSPS) is 10.6. The monoisotopic (exact) mass is 347 g/mol. The van der Waals surface area contributed by atoms with Crippen LogP contribution in [0.15, 0.2) is 61.2 Å². The third-order valence-electron chi connectivity index (χ3n) is 3.92. The van der Waals surface area contributed by atoms with Crippen LogP contribution in [0, 0.1) is 0 Å². The van der Waals surface area contributed by atoms with E-state index in [-0.39, 0.29) is 5.91 Å². The molecule has 132 valence electrons. The molecule has 0 saturated heterocycles. The molecule has 0 bridgehead atoms. The zero-order valence-electron chi connectivity index (χ0n) is 14.8. The van der Waals surface area contributed by atoms with E-state index in [2.05, 4.69) is 51.6 Å². The van der Waals surface area contributed by atoms with Gasteiger partial charge in [-0.2, -0.15) is 0 Å². The van der Waals surface area contributed by atoms with Crippen LogP contribution in [0.25, 0.3) is 0 Å². The van der Waals surface area contributed by atoms with Gasteiger partial charge in [-0.25, -0.2) is 9.97 Å². The Morgan fingerprint density at radius 2 is 1.77 bits per heavy atom. The van der Waals surface area contributed by atoms with Crippen LogP contribution in [-0.2, 0) is 6.54 Å². The second kappa shape index (κ2) is 8.20. The van der Waals surface area contributed by atoms with Gasteiger partial charge in [-0.15, -0.1) is 0 Å². The maximum atomic E-state index is 12.2. The number of pyridine rings is 1. The Hall–Kier alpha value is -3.28. The van der Waals surface area contributed by atoms with Crippen LogP contribution in [-0.4, -0.2) is 20.9 Å². The van der Waals surface area contributed by atoms with Crippen molar-refractivity contribution in [1.82, 2.24) is 20.3 Å². The number of benzene rings is 1. The lowest BCUT2D eigenvalue weighted by molar-refractivity contribution is 0.0950. The molecule has 0 unspecified atom stereocenters. The van der Waals surface area contributed by atoms with Crippen molar-refractivity contribution in [2.24, 2.45) is 0 Å². The van der Waals surface area contributed by atoms with E-state index in [9.17, 15) is 4.79 Å². The molecule has 2 N–H and O–H groups in total. The van der Waals surface area contributed by atoms with E-state index in [4.69, 9.17) is 0 Å². The van der Waals surface area contributed by atoms with Crippen LogP contribution in [0.3, 0.4) is 0 Å². The molecule has 2 heterocycles. The van der Waals surface area contributed by atoms with E-state index < -0.39 is 0 Å². The van der Waals surface area contributed by atoms with Gasteiger partial charge < -0.3 is 10.6 Å². The molecule has 26 heavy (non-hydrogen) atoms. The second-order valence-electron chi connectivity index (χ2n) is 6.24. The summed E-state index contributed by atoms with van der Waals surface area (Å²) in [6.45, 7) is 4.72. The highest BCUT2D eigenvalue weighted by atomic mass is 16.1. The summed E-state index contributed by atoms with van der Waals surface area (Å²) in [6, 6.07) is 11.9. The number of nitrogens with one attached hydrogen (secondary N) is 2. The van der Waals surface area contributed by atoms with E-state index in [1.165, 1.54) is 18.0 Å². The molecule has 3 rings (SSSR count). The van der Waals surface area contributed by atoms with Gasteiger partial charge in [-0.3, -0.25) is 9.78 Å². The molecule has 0 aliphatic rings. The summed E-state index contributed by atoms with van der Waals surface area (Å²) in [5.74, 6) is 0.720. The Kier molecular flexibility index (Phi) is 5.53. The summed E-state index contributed by atoms with van der Waals surface area (Å²) in [6.07, 6.45) is 6.43. The average molecular weight is 347 g/mol. The molecule has 0 spiro atoms. The second-order valence-corrected chi connectivity index (χ2v) is 6.24. The molecular formula is C20H21N5O. The van der Waals surface area contributed by atoms with Crippen molar-refractivity contribution in [3.63, 3.8) is 0 Å². The number of anilines is 2. The highest BCUT2D eigenvalue weighted by Gasteiger charge is 2.07. The fraction of sp³-hybridized carbons (Fsp3) is 0.200. The fourth-order valence-electron chi connectivity index (χ4n) is 2.38. The topological polar surface area (TPSA) is 79.8 Å². The summed E-state index contributed by atoms with van der Waals surface area (Å²) < 4.78 is 0. The van der Waals surface area contributed by atoms with Crippen molar-refractivity contribution < 1.29 is 4.79 Å². The Labute approximate surface area is 152 Å². The van der Waals surface area contributed by atoms with E-state index in [1.54, 1.807) is 12.4 Å². The third kappa shape index (κ3) is 4.63. The van der Waals surface area contributed by atoms with Crippen LogP contribution < -0.4 is 10.6 Å². The van der Waals surface area contributed by atoms with E-state index >= 15 is 0 Å². The molecular weight excluding hydrogens is 326 g/mol. The first kappa shape index (κ1) is 17.5. The lowest BCUT2D eigenvalue weighted by Crippen LogP contribution is -2.23. The first-order valence-corrected chi connectivity index (χ1v) is 8.48. The zero-order valence-corrected chi connectivity index (χ0v) is 14.8. The smallest absolute Gasteiger partial charge is 0.254 e. The highest BCUT2D eigenvalue weighted by Crippen LogP contribution is 2.18. The van der Waals surface area contributed by atoms with Crippen molar-refractivity contribution >= 4 is 17.5 Å². The van der Waals surface area contributed by atoms with Gasteiger partial charge in [-0.05, 0) is 35.2 Å². The van der Waals surface area contributed by atoms with Gasteiger partial charge in [0.25, 0.3) is 5.91 Å². The van der Waals surface area contributed by atoms with Crippen molar-refractivity contribution in [1.29, 1.82) is 0 Å². The lowest BCUT2D eigenvalue weighted by Gasteiger charge is -2.09. The largest absolute Gasteiger partial charge is 0.348 e. The maximum absolute atomic E-state index is 12.2. The van der Waals surface area contributed by atoms with Gasteiger partial charge in [0.15, 0.2) is 0 Å². The third-order valence-corrected chi connectivity index (χ3v) is 3.92. The quantitative estimate of drug-likeness (QED) is 0.711. The summed E-state index contributed by atoms with van der Waals surface area (Å²) >= 11 is 0. The lowest BCUT2D eigenvalue weighted by atomic mass is 10.0. The summed E-state index contributed by atoms with van der Waals surface area (Å²) in [4.78, 5) is 24.6. The molecule has 0 aliphatic carbocycles. The molecule has 0 atom stereocenters. The number of rotatable bonds is 6. The predicted octanol–water partition coefficient (Wildman–Crippen LogP) is 3.67. The van der Waals surface area contributed by atoms with Crippen LogP contribution >= 0.6 is 0 Å². The zero-order chi connectivity index (χ0) is 18.4. The van der Waals surface area contributed by atoms with E-state index in [1.807, 2.05) is 24.3 Å². The fourth-order valence-corrected chi connectivity index (χ4v) is 2.38. The molecule has 0 aliphatic heterocycles. The van der Waals surface area contributed by atoms with Gasteiger partial charge in [0.1, 0.15) is 0 Å². The number of nitrogens with zero attached hydrogens (tertiary/aromatic N) is 3. The van der Waals surface area contributed by atoms with Crippen molar-refractivity contribution in [2.75, 3.05) is 5.32 Å². The number of hydrogen-bond acceptors (Lipinski definition) is 5. The van der Waals surface area contributed by atoms with Gasteiger partial charge in [0.2, 0.25) is 5.95 Å². The number of carbonyl (C=O) groups excluding carboxylic acids is 1. The molecule has 2 aromatic heterocycles. The Morgan fingerprint density at radius 3 is 2.38 bits per heavy atom. The van der Waals surface area contributed by atoms with E-state index in [0.717, 1.165) is 11.3 Å². The van der Waals surface area contributed by atoms with Crippen molar-refractivity contribution in [2.45, 2.75) is 26.3 Å². The average Bonchev–Trinajstić information content (AvgIpc) is 2.68. The number of hydrogen-bond donors (Lipinski definition) is 2. The number of carbonyl (C=O) groups is 1. The van der Waals surface area contributed by atoms with Crippen LogP contribution in [0.1, 0.15) is 41.3 Å². The molecule has 1 amide bonds. The SMILES string of the molecule is CC(C)c1ccc(Nc2ncc(C(=O)NCc3cccnc3)cn2)cc1. The molecule has 6 nitrogen and oxygen atoms in total. The van der Waals surface area contributed by atoms with Crippen molar-refractivity contribution in [3.8, 4) is 0 Å². The standard InChI is InChI=1S/C20H21N5O/c1-14(2)16-5-7-18(8-6-16)25-20-23-12-17(13-24-20)19(26)22-11-15-4-3-9-21-10-15/h3-10,12-14H,11H2,1-2H3,(H,22,26)(H,23,24,25). The molecule has 6 heteroatoms. The molecule has 0 radical (unpaired) electrons. The van der Waals surface area contributed by atoms with E-state index in [0.29, 0.717) is 24.0 Å².